The van der Waals surface area contributed by atoms with Crippen molar-refractivity contribution in [2.45, 2.75) is 6.92 Å². The second-order valence-electron chi connectivity index (χ2n) is 3.67. The second kappa shape index (κ2) is 7.32. The van der Waals surface area contributed by atoms with Gasteiger partial charge in [-0.15, -0.1) is 0 Å². The molecule has 2 N–H and O–H groups in total. The number of nitrogens with one attached hydrogen (secondary N) is 2. The molecule has 0 saturated heterocycles. The maximum atomic E-state index is 11.8. The fourth-order valence-corrected chi connectivity index (χ4v) is 1.30. The third-order valence-corrected chi connectivity index (χ3v) is 2.40. The summed E-state index contributed by atoms with van der Waals surface area (Å²) in [6, 6.07) is 9.16. The normalized spacial score (nSPS) is 9.37. The zero-order valence-electron chi connectivity index (χ0n) is 10.7. The molecule has 2 amide bonds. The van der Waals surface area contributed by atoms with Crippen LogP contribution in [0.25, 0.3) is 0 Å². The number of nitrogens with zero attached hydrogens (tertiary/aromatic N) is 1. The van der Waals surface area contributed by atoms with E-state index < -0.39 is 0 Å². The lowest BCUT2D eigenvalue weighted by atomic mass is 10.3. The molecule has 0 aromatic heterocycles. The molecule has 0 saturated carbocycles. The van der Waals surface area contributed by atoms with Gasteiger partial charge in [0.25, 0.3) is 11.1 Å². The molecule has 0 atom stereocenters. The van der Waals surface area contributed by atoms with E-state index in [1.165, 1.54) is 11.8 Å². The van der Waals surface area contributed by atoms with Gasteiger partial charge in [0.1, 0.15) is 0 Å². The summed E-state index contributed by atoms with van der Waals surface area (Å²) in [5.74, 6) is -0.558. The predicted molar refractivity (Wildman–Crippen MR) is 75.4 cm³/mol. The zero-order valence-corrected chi connectivity index (χ0v) is 11.5. The van der Waals surface area contributed by atoms with Crippen LogP contribution in [0.5, 0.6) is 0 Å². The van der Waals surface area contributed by atoms with Crippen LogP contribution in [0.1, 0.15) is 6.92 Å². The monoisotopic (exact) mass is 281 g/mol. The van der Waals surface area contributed by atoms with Crippen molar-refractivity contribution in [3.8, 4) is 0 Å². The molecule has 6 nitrogen and oxygen atoms in total. The van der Waals surface area contributed by atoms with Crippen molar-refractivity contribution in [1.82, 2.24) is 10.9 Å². The summed E-state index contributed by atoms with van der Waals surface area (Å²) < 4.78 is 5.01. The summed E-state index contributed by atoms with van der Waals surface area (Å²) in [5.41, 5.74) is 5.37. The lowest BCUT2D eigenvalue weighted by molar-refractivity contribution is -0.120. The van der Waals surface area contributed by atoms with Crippen LogP contribution in [0.4, 0.5) is 5.69 Å². The molecule has 0 unspecified atom stereocenters. The molecular weight excluding hydrogens is 266 g/mol. The Balaban J connectivity index is 2.39. The highest BCUT2D eigenvalue weighted by Crippen LogP contribution is 2.10. The lowest BCUT2D eigenvalue weighted by Crippen LogP contribution is -2.42. The quantitative estimate of drug-likeness (QED) is 0.627. The average Bonchev–Trinajstić information content (AvgIpc) is 2.42. The van der Waals surface area contributed by atoms with Crippen molar-refractivity contribution in [3.05, 3.63) is 30.3 Å². The van der Waals surface area contributed by atoms with Gasteiger partial charge in [0, 0.05) is 19.7 Å². The average molecular weight is 281 g/mol. The third-order valence-electron chi connectivity index (χ3n) is 2.18. The van der Waals surface area contributed by atoms with E-state index in [1.54, 1.807) is 7.05 Å². The molecule has 19 heavy (non-hydrogen) atoms. The van der Waals surface area contributed by atoms with Crippen molar-refractivity contribution in [1.29, 1.82) is 0 Å². The molecule has 0 aliphatic heterocycles. The number of hydrogen-bond donors (Lipinski definition) is 2. The van der Waals surface area contributed by atoms with Crippen LogP contribution in [0.15, 0.2) is 30.3 Å². The van der Waals surface area contributed by atoms with Crippen LogP contribution in [0, 0.1) is 0 Å². The summed E-state index contributed by atoms with van der Waals surface area (Å²) in [5, 5.41) is -0.0648. The molecule has 7 heteroatoms. The molecule has 0 fully saturated rings. The summed E-state index contributed by atoms with van der Waals surface area (Å²) in [6.45, 7) is 1.11. The standard InChI is InChI=1S/C12H15N3O3S/c1-9(16)13-14-12(19)18-8-11(17)15(2)10-6-4-3-5-7-10/h3-7H,8H2,1-2H3,(H,13,16)(H,14,19). The number of rotatable bonds is 3. The van der Waals surface area contributed by atoms with Crippen molar-refractivity contribution < 1.29 is 14.3 Å². The summed E-state index contributed by atoms with van der Waals surface area (Å²) in [6.07, 6.45) is 0. The van der Waals surface area contributed by atoms with Gasteiger partial charge < -0.3 is 9.64 Å². The number of carbonyl (C=O) groups excluding carboxylic acids is 2. The van der Waals surface area contributed by atoms with E-state index in [1.807, 2.05) is 30.3 Å². The van der Waals surface area contributed by atoms with E-state index in [4.69, 9.17) is 17.0 Å². The fourth-order valence-electron chi connectivity index (χ4n) is 1.19. The van der Waals surface area contributed by atoms with E-state index in [0.29, 0.717) is 0 Å². The number of hydrazine groups is 1. The highest BCUT2D eigenvalue weighted by Gasteiger charge is 2.11. The van der Waals surface area contributed by atoms with Gasteiger partial charge in [0.05, 0.1) is 0 Å². The largest absolute Gasteiger partial charge is 0.460 e. The van der Waals surface area contributed by atoms with E-state index in [2.05, 4.69) is 10.9 Å². The van der Waals surface area contributed by atoms with Crippen molar-refractivity contribution in [2.24, 2.45) is 0 Å². The zero-order chi connectivity index (χ0) is 14.3. The Labute approximate surface area is 116 Å². The maximum absolute atomic E-state index is 11.8. The van der Waals surface area contributed by atoms with E-state index >= 15 is 0 Å². The number of carbonyl (C=O) groups is 2. The molecule has 1 rings (SSSR count). The fraction of sp³-hybridized carbons (Fsp3) is 0.250. The molecule has 102 valence electrons. The van der Waals surface area contributed by atoms with Gasteiger partial charge in [-0.25, -0.2) is 0 Å². The predicted octanol–water partition coefficient (Wildman–Crippen LogP) is 0.592. The first-order valence-electron chi connectivity index (χ1n) is 5.51. The lowest BCUT2D eigenvalue weighted by Gasteiger charge is -2.17. The summed E-state index contributed by atoms with van der Waals surface area (Å²) in [7, 11) is 1.64. The van der Waals surface area contributed by atoms with Crippen LogP contribution >= 0.6 is 12.2 Å². The van der Waals surface area contributed by atoms with Gasteiger partial charge in [0.15, 0.2) is 6.61 Å². The molecule has 0 heterocycles. The molecule has 0 aliphatic rings. The topological polar surface area (TPSA) is 70.7 Å². The van der Waals surface area contributed by atoms with Gasteiger partial charge in [-0.05, 0) is 24.4 Å². The van der Waals surface area contributed by atoms with Crippen molar-refractivity contribution >= 4 is 34.9 Å². The molecule has 0 radical (unpaired) electrons. The Morgan fingerprint density at radius 1 is 1.26 bits per heavy atom. The smallest absolute Gasteiger partial charge is 0.276 e. The number of ether oxygens (including phenoxy) is 1. The maximum Gasteiger partial charge on any atom is 0.276 e. The highest BCUT2D eigenvalue weighted by molar-refractivity contribution is 7.80. The summed E-state index contributed by atoms with van der Waals surface area (Å²) >= 11 is 4.78. The SMILES string of the molecule is CC(=O)NNC(=S)OCC(=O)N(C)c1ccccc1. The first kappa shape index (κ1) is 14.9. The van der Waals surface area contributed by atoms with Crippen molar-refractivity contribution in [3.63, 3.8) is 0 Å². The molecule has 0 spiro atoms. The number of benzene rings is 1. The van der Waals surface area contributed by atoms with Gasteiger partial charge in [-0.3, -0.25) is 20.4 Å². The molecule has 1 aromatic carbocycles. The number of likely N-dealkylation sites (N-methyl/N-ethyl adjacent to an activating group) is 1. The minimum absolute atomic E-state index is 0.0648. The first-order chi connectivity index (χ1) is 9.00. The highest BCUT2D eigenvalue weighted by atomic mass is 32.1. The van der Waals surface area contributed by atoms with Crippen LogP contribution in [0.3, 0.4) is 0 Å². The van der Waals surface area contributed by atoms with Crippen molar-refractivity contribution in [2.75, 3.05) is 18.6 Å². The Hall–Kier alpha value is -2.15. The van der Waals surface area contributed by atoms with Crippen LogP contribution in [-0.4, -0.2) is 30.6 Å². The van der Waals surface area contributed by atoms with Crippen LogP contribution in [-0.2, 0) is 14.3 Å². The van der Waals surface area contributed by atoms with Gasteiger partial charge >= 0.3 is 0 Å². The Morgan fingerprint density at radius 3 is 2.47 bits per heavy atom. The Bertz CT molecular complexity index is 465. The minimum Gasteiger partial charge on any atom is -0.460 e. The number of amides is 2. The van der Waals surface area contributed by atoms with Gasteiger partial charge in [0.2, 0.25) is 5.91 Å². The molecular formula is C12H15N3O3S. The van der Waals surface area contributed by atoms with E-state index in [9.17, 15) is 9.59 Å². The molecule has 0 bridgehead atoms. The number of hydrogen-bond acceptors (Lipinski definition) is 4. The second-order valence-corrected chi connectivity index (χ2v) is 4.04. The summed E-state index contributed by atoms with van der Waals surface area (Å²) in [4.78, 5) is 23.9. The Morgan fingerprint density at radius 2 is 1.89 bits per heavy atom. The Kier molecular flexibility index (Phi) is 5.74. The molecule has 1 aromatic rings. The minimum atomic E-state index is -0.307. The molecule has 0 aliphatic carbocycles. The number of thiocarbonyl (C=S) groups is 1. The van der Waals surface area contributed by atoms with Gasteiger partial charge in [-0.2, -0.15) is 0 Å². The van der Waals surface area contributed by atoms with Crippen LogP contribution < -0.4 is 15.8 Å². The first-order valence-corrected chi connectivity index (χ1v) is 5.92. The number of anilines is 1. The van der Waals surface area contributed by atoms with E-state index in [-0.39, 0.29) is 23.6 Å². The number of para-hydroxylation sites is 1. The van der Waals surface area contributed by atoms with E-state index in [0.717, 1.165) is 5.69 Å². The van der Waals surface area contributed by atoms with Gasteiger partial charge in [-0.1, -0.05) is 18.2 Å². The third kappa shape index (κ3) is 5.35. The van der Waals surface area contributed by atoms with Crippen LogP contribution in [0.2, 0.25) is 0 Å².